The van der Waals surface area contributed by atoms with E-state index in [2.05, 4.69) is 28.4 Å². The quantitative estimate of drug-likeness (QED) is 0.343. The molecule has 0 N–H and O–H groups in total. The highest BCUT2D eigenvalue weighted by atomic mass is 32.1. The number of nitrogens with zero attached hydrogens (tertiary/aromatic N) is 5. The third-order valence-electron chi connectivity index (χ3n) is 7.45. The number of alkyl halides is 3. The Hall–Kier alpha value is -3.74. The van der Waals surface area contributed by atoms with Gasteiger partial charge in [0.15, 0.2) is 22.5 Å². The van der Waals surface area contributed by atoms with Crippen LogP contribution in [0.25, 0.3) is 0 Å². The Morgan fingerprint density at radius 2 is 1.87 bits per heavy atom. The lowest BCUT2D eigenvalue weighted by molar-refractivity contribution is -0.140. The third kappa shape index (κ3) is 4.58. The Bertz CT molecular complexity index is 1380. The second kappa shape index (κ2) is 10.1. The van der Waals surface area contributed by atoms with Crippen molar-refractivity contribution in [1.82, 2.24) is 9.88 Å². The molecule has 3 fully saturated rings. The van der Waals surface area contributed by atoms with Crippen LogP contribution >= 0.6 is 12.6 Å². The van der Waals surface area contributed by atoms with Gasteiger partial charge in [0, 0.05) is 25.2 Å². The molecule has 202 valence electrons. The summed E-state index contributed by atoms with van der Waals surface area (Å²) in [4.78, 5) is 34.9. The molecule has 1 aliphatic carbocycles. The van der Waals surface area contributed by atoms with Crippen LogP contribution < -0.4 is 14.5 Å². The van der Waals surface area contributed by atoms with E-state index in [0.717, 1.165) is 37.0 Å². The van der Waals surface area contributed by atoms with Crippen molar-refractivity contribution in [1.29, 1.82) is 5.26 Å². The van der Waals surface area contributed by atoms with Crippen LogP contribution in [0.1, 0.15) is 36.9 Å². The number of nitriles is 1. The molecule has 8 nitrogen and oxygen atoms in total. The molecule has 3 aliphatic rings. The summed E-state index contributed by atoms with van der Waals surface area (Å²) < 4.78 is 46.9. The Kier molecular flexibility index (Phi) is 6.95. The van der Waals surface area contributed by atoms with E-state index in [-0.39, 0.29) is 30.4 Å². The number of ketones is 1. The zero-order valence-electron chi connectivity index (χ0n) is 20.7. The summed E-state index contributed by atoms with van der Waals surface area (Å²) in [6.07, 6.45) is 3.58. The molecule has 1 amide bonds. The highest BCUT2D eigenvalue weighted by Gasteiger charge is 2.65. The van der Waals surface area contributed by atoms with Gasteiger partial charge in [0.25, 0.3) is 5.91 Å². The summed E-state index contributed by atoms with van der Waals surface area (Å²) in [5, 5.41) is 9.08. The number of hydrogen-bond donors (Lipinski definition) is 1. The summed E-state index contributed by atoms with van der Waals surface area (Å²) >= 11 is 4.57. The van der Waals surface area contributed by atoms with E-state index in [9.17, 15) is 22.8 Å². The van der Waals surface area contributed by atoms with Gasteiger partial charge in [-0.15, -0.1) is 19.1 Å². The van der Waals surface area contributed by atoms with Crippen molar-refractivity contribution in [2.24, 2.45) is 0 Å². The van der Waals surface area contributed by atoms with E-state index in [0.29, 0.717) is 24.0 Å². The first-order valence-electron chi connectivity index (χ1n) is 12.3. The molecule has 2 unspecified atom stereocenters. The first kappa shape index (κ1) is 26.9. The van der Waals surface area contributed by atoms with Crippen molar-refractivity contribution in [3.8, 4) is 24.2 Å². The van der Waals surface area contributed by atoms with E-state index in [1.807, 2.05) is 0 Å². The number of ether oxygens (including phenoxy) is 1. The maximum absolute atomic E-state index is 13.6. The zero-order chi connectivity index (χ0) is 27.9. The number of pyridine rings is 1. The van der Waals surface area contributed by atoms with Gasteiger partial charge in [-0.25, -0.2) is 4.98 Å². The van der Waals surface area contributed by atoms with Crippen LogP contribution in [0.15, 0.2) is 36.5 Å². The van der Waals surface area contributed by atoms with E-state index in [1.54, 1.807) is 24.3 Å². The van der Waals surface area contributed by atoms with Crippen molar-refractivity contribution < 1.29 is 27.5 Å². The van der Waals surface area contributed by atoms with Gasteiger partial charge in [-0.2, -0.15) is 18.4 Å². The van der Waals surface area contributed by atoms with Crippen LogP contribution in [0, 0.1) is 23.7 Å². The number of rotatable bonds is 5. The van der Waals surface area contributed by atoms with Crippen LogP contribution in [-0.2, 0) is 15.8 Å². The second-order valence-corrected chi connectivity index (χ2v) is 10.1. The second-order valence-electron chi connectivity index (χ2n) is 9.67. The molecule has 2 aromatic rings. The van der Waals surface area contributed by atoms with E-state index in [4.69, 9.17) is 16.4 Å². The number of piperidine rings is 1. The van der Waals surface area contributed by atoms with Gasteiger partial charge in [0.05, 0.1) is 24.0 Å². The lowest BCUT2D eigenvalue weighted by Gasteiger charge is -2.42. The Labute approximate surface area is 228 Å². The largest absolute Gasteiger partial charge is 0.490 e. The minimum absolute atomic E-state index is 0.0256. The molecular weight excluding hydrogens is 531 g/mol. The van der Waals surface area contributed by atoms with Gasteiger partial charge in [-0.05, 0) is 49.6 Å². The number of amides is 1. The highest BCUT2D eigenvalue weighted by molar-refractivity contribution is 7.81. The van der Waals surface area contributed by atoms with Crippen molar-refractivity contribution in [3.05, 3.63) is 47.8 Å². The number of thiol groups is 1. The fourth-order valence-electron chi connectivity index (χ4n) is 5.35. The molecule has 12 heteroatoms. The molecule has 1 aromatic carbocycles. The smallest absolute Gasteiger partial charge is 0.419 e. The van der Waals surface area contributed by atoms with Gasteiger partial charge >= 0.3 is 6.18 Å². The summed E-state index contributed by atoms with van der Waals surface area (Å²) in [5.74, 6) is 2.24. The lowest BCUT2D eigenvalue weighted by Crippen LogP contribution is -2.62. The lowest BCUT2D eigenvalue weighted by atomic mass is 9.73. The van der Waals surface area contributed by atoms with Gasteiger partial charge < -0.3 is 9.64 Å². The van der Waals surface area contributed by atoms with Gasteiger partial charge in [0.1, 0.15) is 17.9 Å². The first-order chi connectivity index (χ1) is 18.6. The fraction of sp³-hybridized carbons (Fsp3) is 0.407. The van der Waals surface area contributed by atoms with Crippen LogP contribution in [-0.4, -0.2) is 58.3 Å². The van der Waals surface area contributed by atoms with Crippen molar-refractivity contribution in [3.63, 3.8) is 0 Å². The number of likely N-dealkylation sites (tertiary alicyclic amines) is 1. The maximum Gasteiger partial charge on any atom is 0.419 e. The van der Waals surface area contributed by atoms with Crippen LogP contribution in [0.2, 0.25) is 0 Å². The Morgan fingerprint density at radius 3 is 2.41 bits per heavy atom. The molecule has 5 rings (SSSR count). The summed E-state index contributed by atoms with van der Waals surface area (Å²) in [6.45, 7) is 2.28. The average molecular weight is 556 g/mol. The monoisotopic (exact) mass is 555 g/mol. The van der Waals surface area contributed by atoms with E-state index in [1.165, 1.54) is 11.0 Å². The summed E-state index contributed by atoms with van der Waals surface area (Å²) in [7, 11) is 0. The number of benzene rings is 1. The predicted molar refractivity (Wildman–Crippen MR) is 139 cm³/mol. The third-order valence-corrected chi connectivity index (χ3v) is 7.91. The zero-order valence-corrected chi connectivity index (χ0v) is 21.6. The predicted octanol–water partition coefficient (Wildman–Crippen LogP) is 3.62. The number of Topliss-reactive ketones (excluding diaryl/α,β-unsaturated/α-hetero) is 1. The minimum atomic E-state index is -4.86. The number of hydrogen-bond acceptors (Lipinski definition) is 8. The molecule has 3 heterocycles. The van der Waals surface area contributed by atoms with E-state index < -0.39 is 34.4 Å². The molecule has 0 bridgehead atoms. The number of halogens is 3. The van der Waals surface area contributed by atoms with E-state index >= 15 is 0 Å². The van der Waals surface area contributed by atoms with Gasteiger partial charge in [0.2, 0.25) is 0 Å². The van der Waals surface area contributed by atoms with Crippen LogP contribution in [0.5, 0.6) is 5.75 Å². The number of carbonyl (C=O) groups is 2. The molecule has 2 aliphatic heterocycles. The van der Waals surface area contributed by atoms with Crippen LogP contribution in [0.4, 0.5) is 24.5 Å². The number of terminal acetylenes is 1. The molecule has 39 heavy (non-hydrogen) atoms. The Balaban J connectivity index is 1.41. The summed E-state index contributed by atoms with van der Waals surface area (Å²) in [6, 6.07) is 8.99. The molecule has 1 aromatic heterocycles. The van der Waals surface area contributed by atoms with Crippen molar-refractivity contribution in [2.45, 2.75) is 49.0 Å². The SMILES string of the molecule is C#CCN1CCC(Oc2ccc(N3C(S)N(c4cnc(C#N)c(C(F)(F)F)c4)C(=O)C34CCC4=O)cc2)CC1. The fourth-order valence-corrected chi connectivity index (χ4v) is 5.92. The maximum atomic E-state index is 13.6. The standard InChI is InChI=1S/C27H24F3N5O3S/c1-2-11-33-12-8-20(9-13-33)38-19-5-3-17(4-6-19)35-25(39)34(24(37)26(35)10-7-23(26)36)18-14-21(27(28,29)30)22(15-31)32-16-18/h1,3-6,14,16,20,25,39H,7-13H2. The topological polar surface area (TPSA) is 89.8 Å². The van der Waals surface area contributed by atoms with Crippen molar-refractivity contribution >= 4 is 35.7 Å². The van der Waals surface area contributed by atoms with Gasteiger partial charge in [-0.1, -0.05) is 5.92 Å². The molecule has 0 radical (unpaired) electrons. The summed E-state index contributed by atoms with van der Waals surface area (Å²) in [5.41, 5.74) is -4.46. The average Bonchev–Trinajstić information content (AvgIpc) is 3.16. The highest BCUT2D eigenvalue weighted by Crippen LogP contribution is 2.49. The molecular formula is C27H24F3N5O3S. The number of aromatic nitrogens is 1. The molecule has 1 saturated carbocycles. The number of carbonyl (C=O) groups excluding carboxylic acids is 2. The Morgan fingerprint density at radius 1 is 1.18 bits per heavy atom. The number of anilines is 2. The van der Waals surface area contributed by atoms with Gasteiger partial charge in [-0.3, -0.25) is 19.4 Å². The normalized spacial score (nSPS) is 24.0. The van der Waals surface area contributed by atoms with Crippen molar-refractivity contribution in [2.75, 3.05) is 29.4 Å². The molecule has 2 saturated heterocycles. The first-order valence-corrected chi connectivity index (χ1v) is 12.9. The van der Waals surface area contributed by atoms with Crippen LogP contribution in [0.3, 0.4) is 0 Å². The molecule has 1 spiro atoms. The molecule has 2 atom stereocenters. The minimum Gasteiger partial charge on any atom is -0.490 e.